The lowest BCUT2D eigenvalue weighted by atomic mass is 10.2. The van der Waals surface area contributed by atoms with Gasteiger partial charge in [-0.3, -0.25) is 9.59 Å². The van der Waals surface area contributed by atoms with Crippen molar-refractivity contribution in [3.05, 3.63) is 104 Å². The van der Waals surface area contributed by atoms with E-state index >= 15 is 0 Å². The average Bonchev–Trinajstić information content (AvgIpc) is 3.74. The summed E-state index contributed by atoms with van der Waals surface area (Å²) in [6.07, 6.45) is -1.39. The van der Waals surface area contributed by atoms with E-state index in [9.17, 15) is 9.59 Å². The molecule has 2 N–H and O–H groups in total. The largest absolute Gasteiger partial charge is 0.479 e. The first-order valence-corrected chi connectivity index (χ1v) is 16.1. The van der Waals surface area contributed by atoms with E-state index in [0.717, 1.165) is 11.1 Å². The van der Waals surface area contributed by atoms with Crippen LogP contribution in [0.25, 0.3) is 0 Å². The summed E-state index contributed by atoms with van der Waals surface area (Å²) in [6.45, 7) is 4.46. The molecule has 4 aromatic rings. The highest BCUT2D eigenvalue weighted by Crippen LogP contribution is 2.34. The minimum Gasteiger partial charge on any atom is -0.479 e. The van der Waals surface area contributed by atoms with Gasteiger partial charge in [0.05, 0.1) is 10.0 Å². The Labute approximate surface area is 297 Å². The van der Waals surface area contributed by atoms with E-state index in [-0.39, 0.29) is 25.4 Å². The lowest BCUT2D eigenvalue weighted by Gasteiger charge is -2.16. The summed E-state index contributed by atoms with van der Waals surface area (Å²) in [5.74, 6) is 3.09. The van der Waals surface area contributed by atoms with Gasteiger partial charge >= 0.3 is 0 Å². The van der Waals surface area contributed by atoms with E-state index in [0.29, 0.717) is 67.7 Å². The molecule has 2 amide bonds. The number of fused-ring (bicyclic) bond motifs is 2. The van der Waals surface area contributed by atoms with Gasteiger partial charge in [0.2, 0.25) is 13.6 Å². The van der Waals surface area contributed by atoms with Crippen molar-refractivity contribution in [3.63, 3.8) is 0 Å². The third kappa shape index (κ3) is 9.44. The molecule has 10 nitrogen and oxygen atoms in total. The predicted molar refractivity (Wildman–Crippen MR) is 182 cm³/mol. The zero-order valence-electron chi connectivity index (χ0n) is 25.7. The van der Waals surface area contributed by atoms with Crippen LogP contribution in [0.4, 0.5) is 0 Å². The molecule has 0 radical (unpaired) electrons. The molecule has 2 aliphatic heterocycles. The van der Waals surface area contributed by atoms with Gasteiger partial charge in [-0.05, 0) is 85.6 Å². The van der Waals surface area contributed by atoms with Gasteiger partial charge in [0.25, 0.3) is 11.8 Å². The number of hydrogen-bond acceptors (Lipinski definition) is 8. The molecule has 1 unspecified atom stereocenters. The molecular formula is C34H30Cl4N2O8. The molecule has 2 atom stereocenters. The minimum absolute atomic E-state index is 0.220. The first kappa shape index (κ1) is 35.1. The highest BCUT2D eigenvalue weighted by molar-refractivity contribution is 6.36. The molecule has 2 aliphatic rings. The normalized spacial score (nSPS) is 13.5. The van der Waals surface area contributed by atoms with E-state index in [1.165, 1.54) is 0 Å². The number of amides is 2. The highest BCUT2D eigenvalue weighted by atomic mass is 35.5. The maximum absolute atomic E-state index is 12.2. The Morgan fingerprint density at radius 2 is 1.00 bits per heavy atom. The molecule has 0 aromatic heterocycles. The summed E-state index contributed by atoms with van der Waals surface area (Å²) in [7, 11) is 0. The third-order valence-electron chi connectivity index (χ3n) is 6.94. The van der Waals surface area contributed by atoms with Crippen molar-refractivity contribution >= 4 is 58.2 Å². The van der Waals surface area contributed by atoms with Crippen molar-refractivity contribution in [2.45, 2.75) is 39.1 Å². The number of carbonyl (C=O) groups excluding carboxylic acids is 2. The van der Waals surface area contributed by atoms with Crippen LogP contribution in [0.15, 0.2) is 72.8 Å². The zero-order valence-corrected chi connectivity index (χ0v) is 28.7. The fourth-order valence-electron chi connectivity index (χ4n) is 4.40. The van der Waals surface area contributed by atoms with Gasteiger partial charge < -0.3 is 39.1 Å². The van der Waals surface area contributed by atoms with Crippen molar-refractivity contribution in [1.82, 2.24) is 10.6 Å². The summed E-state index contributed by atoms with van der Waals surface area (Å²) in [4.78, 5) is 24.3. The lowest BCUT2D eigenvalue weighted by Crippen LogP contribution is -2.35. The predicted octanol–water partition coefficient (Wildman–Crippen LogP) is 7.61. The first-order valence-electron chi connectivity index (χ1n) is 14.6. The van der Waals surface area contributed by atoms with Gasteiger partial charge in [0.1, 0.15) is 11.5 Å². The quantitative estimate of drug-likeness (QED) is 0.171. The van der Waals surface area contributed by atoms with E-state index in [4.69, 9.17) is 74.8 Å². The number of rotatable bonds is 10. The van der Waals surface area contributed by atoms with Crippen molar-refractivity contribution < 1.29 is 38.0 Å². The van der Waals surface area contributed by atoms with E-state index < -0.39 is 12.2 Å². The maximum atomic E-state index is 12.2. The van der Waals surface area contributed by atoms with E-state index in [1.807, 2.05) is 36.4 Å². The van der Waals surface area contributed by atoms with Crippen LogP contribution in [-0.4, -0.2) is 37.6 Å². The number of carbonyl (C=O) groups is 2. The third-order valence-corrected chi connectivity index (χ3v) is 8.00. The van der Waals surface area contributed by atoms with Crippen LogP contribution < -0.4 is 39.1 Å². The summed E-state index contributed by atoms with van der Waals surface area (Å²) < 4.78 is 32.3. The van der Waals surface area contributed by atoms with Crippen LogP contribution in [0.5, 0.6) is 34.5 Å². The molecule has 14 heteroatoms. The summed E-state index contributed by atoms with van der Waals surface area (Å²) in [5.41, 5.74) is 1.81. The van der Waals surface area contributed by atoms with Crippen LogP contribution in [0, 0.1) is 0 Å². The molecule has 2 heterocycles. The Bertz CT molecular complexity index is 1660. The molecule has 48 heavy (non-hydrogen) atoms. The number of nitrogens with one attached hydrogen (secondary N) is 2. The Morgan fingerprint density at radius 3 is 1.40 bits per heavy atom. The summed E-state index contributed by atoms with van der Waals surface area (Å²) in [6, 6.07) is 20.7. The Hall–Kier alpha value is -4.22. The second-order valence-corrected chi connectivity index (χ2v) is 12.2. The topological polar surface area (TPSA) is 114 Å². The fraction of sp³-hybridized carbons (Fsp3) is 0.235. The first-order chi connectivity index (χ1) is 23.0. The monoisotopic (exact) mass is 734 g/mol. The lowest BCUT2D eigenvalue weighted by molar-refractivity contribution is -0.128. The Morgan fingerprint density at radius 1 is 0.604 bits per heavy atom. The molecule has 252 valence electrons. The molecule has 0 aliphatic carbocycles. The summed E-state index contributed by atoms with van der Waals surface area (Å²) in [5, 5.41) is 7.35. The van der Waals surface area contributed by atoms with Gasteiger partial charge in [0.15, 0.2) is 35.2 Å². The molecule has 0 bridgehead atoms. The van der Waals surface area contributed by atoms with E-state index in [1.54, 1.807) is 50.2 Å². The fourth-order valence-corrected chi connectivity index (χ4v) is 5.30. The molecule has 0 fully saturated rings. The minimum atomic E-state index is -0.697. The van der Waals surface area contributed by atoms with Crippen LogP contribution in [0.2, 0.25) is 20.1 Å². The average molecular weight is 736 g/mol. The zero-order chi connectivity index (χ0) is 34.2. The number of halogens is 4. The highest BCUT2D eigenvalue weighted by Gasteiger charge is 2.19. The molecule has 0 saturated heterocycles. The number of hydrogen-bond donors (Lipinski definition) is 2. The molecule has 4 aromatic carbocycles. The van der Waals surface area contributed by atoms with Crippen LogP contribution in [-0.2, 0) is 22.7 Å². The molecule has 0 saturated carbocycles. The van der Waals surface area contributed by atoms with Crippen LogP contribution >= 0.6 is 46.4 Å². The Kier molecular flexibility index (Phi) is 11.9. The van der Waals surface area contributed by atoms with Gasteiger partial charge in [-0.15, -0.1) is 0 Å². The number of ether oxygens (including phenoxy) is 6. The van der Waals surface area contributed by atoms with Gasteiger partial charge in [-0.1, -0.05) is 58.5 Å². The molecular weight excluding hydrogens is 706 g/mol. The SMILES string of the molecule is CC(Oc1ccc(Cl)cc1Cl)C(=O)NCc1ccc2c(c1)OCO2.C[C@@H](Oc1ccc(Cl)cc1Cl)C(=O)NCc1ccc2c(c1)OCO2. The Balaban J connectivity index is 0.000000188. The van der Waals surface area contributed by atoms with Crippen molar-refractivity contribution in [1.29, 1.82) is 0 Å². The van der Waals surface area contributed by atoms with Crippen LogP contribution in [0.3, 0.4) is 0 Å². The number of benzene rings is 4. The van der Waals surface area contributed by atoms with Gasteiger partial charge in [-0.25, -0.2) is 0 Å². The smallest absolute Gasteiger partial charge is 0.261 e. The van der Waals surface area contributed by atoms with Crippen molar-refractivity contribution in [2.75, 3.05) is 13.6 Å². The van der Waals surface area contributed by atoms with Crippen molar-refractivity contribution in [2.24, 2.45) is 0 Å². The van der Waals surface area contributed by atoms with Gasteiger partial charge in [-0.2, -0.15) is 0 Å². The van der Waals surface area contributed by atoms with Crippen LogP contribution in [0.1, 0.15) is 25.0 Å². The summed E-state index contributed by atoms with van der Waals surface area (Å²) >= 11 is 23.7. The van der Waals surface area contributed by atoms with Crippen molar-refractivity contribution in [3.8, 4) is 34.5 Å². The maximum Gasteiger partial charge on any atom is 0.261 e. The van der Waals surface area contributed by atoms with Gasteiger partial charge in [0, 0.05) is 23.1 Å². The molecule has 6 rings (SSSR count). The molecule has 0 spiro atoms. The second-order valence-electron chi connectivity index (χ2n) is 10.5. The standard InChI is InChI=1S/2C17H15Cl2NO4/c2*1-10(24-14-5-3-12(18)7-13(14)19)17(21)20-8-11-2-4-15-16(6-11)23-9-22-15/h2*2-7,10H,8-9H2,1H3,(H,20,21)/t10-;/m1./s1. The second kappa shape index (κ2) is 16.3. The van der Waals surface area contributed by atoms with E-state index in [2.05, 4.69) is 10.6 Å².